The van der Waals surface area contributed by atoms with Crippen molar-refractivity contribution in [3.63, 3.8) is 0 Å². The molecule has 18 heavy (non-hydrogen) atoms. The van der Waals surface area contributed by atoms with Crippen molar-refractivity contribution in [2.75, 3.05) is 20.2 Å². The lowest BCUT2D eigenvalue weighted by Crippen LogP contribution is -2.40. The summed E-state index contributed by atoms with van der Waals surface area (Å²) >= 11 is 0. The Morgan fingerprint density at radius 1 is 1.44 bits per heavy atom. The molecule has 1 aromatic rings. The van der Waals surface area contributed by atoms with E-state index >= 15 is 0 Å². The summed E-state index contributed by atoms with van der Waals surface area (Å²) in [4.78, 5) is 13.9. The van der Waals surface area contributed by atoms with Gasteiger partial charge in [0.15, 0.2) is 0 Å². The Morgan fingerprint density at radius 2 is 2.17 bits per heavy atom. The molecule has 0 unspecified atom stereocenters. The van der Waals surface area contributed by atoms with Gasteiger partial charge in [-0.1, -0.05) is 12.1 Å². The van der Waals surface area contributed by atoms with Crippen molar-refractivity contribution in [3.05, 3.63) is 29.8 Å². The second-order valence-electron chi connectivity index (χ2n) is 4.64. The minimum atomic E-state index is -0.245. The van der Waals surface area contributed by atoms with E-state index in [4.69, 9.17) is 4.74 Å². The number of piperidine rings is 1. The number of hydrogen-bond donors (Lipinski definition) is 1. The zero-order chi connectivity index (χ0) is 13.0. The van der Waals surface area contributed by atoms with E-state index in [1.165, 1.54) is 0 Å². The average Bonchev–Trinajstić information content (AvgIpc) is 2.39. The number of ether oxygens (including phenoxy) is 1. The van der Waals surface area contributed by atoms with Gasteiger partial charge >= 0.3 is 0 Å². The molecule has 0 saturated carbocycles. The van der Waals surface area contributed by atoms with Crippen molar-refractivity contribution in [1.29, 1.82) is 0 Å². The lowest BCUT2D eigenvalue weighted by molar-refractivity contribution is -0.132. The van der Waals surface area contributed by atoms with Gasteiger partial charge in [0.1, 0.15) is 5.75 Å². The second kappa shape index (κ2) is 5.87. The Hall–Kier alpha value is -1.55. The molecule has 0 radical (unpaired) electrons. The number of rotatable bonds is 3. The number of carbonyl (C=O) groups excluding carboxylic acids is 1. The van der Waals surface area contributed by atoms with E-state index in [1.807, 2.05) is 29.2 Å². The van der Waals surface area contributed by atoms with Crippen molar-refractivity contribution in [1.82, 2.24) is 4.90 Å². The summed E-state index contributed by atoms with van der Waals surface area (Å²) in [5.41, 5.74) is 0.963. The van der Waals surface area contributed by atoms with Crippen molar-refractivity contribution < 1.29 is 14.6 Å². The number of amides is 1. The molecule has 98 valence electrons. The van der Waals surface area contributed by atoms with Gasteiger partial charge in [-0.2, -0.15) is 0 Å². The number of benzene rings is 1. The van der Waals surface area contributed by atoms with E-state index in [2.05, 4.69) is 0 Å². The van der Waals surface area contributed by atoms with Gasteiger partial charge in [-0.15, -0.1) is 0 Å². The SMILES string of the molecule is COc1cccc(CC(=O)N2CCC(O)CC2)c1. The smallest absolute Gasteiger partial charge is 0.226 e. The highest BCUT2D eigenvalue weighted by molar-refractivity contribution is 5.79. The Balaban J connectivity index is 1.94. The first-order valence-electron chi connectivity index (χ1n) is 6.28. The average molecular weight is 249 g/mol. The monoisotopic (exact) mass is 249 g/mol. The Labute approximate surface area is 107 Å². The van der Waals surface area contributed by atoms with E-state index in [9.17, 15) is 9.90 Å². The topological polar surface area (TPSA) is 49.8 Å². The summed E-state index contributed by atoms with van der Waals surface area (Å²) in [7, 11) is 1.62. The van der Waals surface area contributed by atoms with Gasteiger partial charge in [0.2, 0.25) is 5.91 Å². The van der Waals surface area contributed by atoms with Gasteiger partial charge in [0, 0.05) is 13.1 Å². The van der Waals surface area contributed by atoms with Crippen LogP contribution in [0.4, 0.5) is 0 Å². The van der Waals surface area contributed by atoms with Gasteiger partial charge in [0.05, 0.1) is 19.6 Å². The maximum atomic E-state index is 12.1. The molecule has 0 bridgehead atoms. The molecule has 2 rings (SSSR count). The van der Waals surface area contributed by atoms with Crippen LogP contribution in [0.3, 0.4) is 0 Å². The quantitative estimate of drug-likeness (QED) is 0.876. The molecule has 4 nitrogen and oxygen atoms in total. The lowest BCUT2D eigenvalue weighted by Gasteiger charge is -2.29. The normalized spacial score (nSPS) is 16.7. The number of nitrogens with zero attached hydrogens (tertiary/aromatic N) is 1. The Morgan fingerprint density at radius 3 is 2.83 bits per heavy atom. The van der Waals surface area contributed by atoms with Crippen LogP contribution in [0, 0.1) is 0 Å². The number of hydrogen-bond acceptors (Lipinski definition) is 3. The highest BCUT2D eigenvalue weighted by atomic mass is 16.5. The molecule has 1 aromatic carbocycles. The summed E-state index contributed by atoms with van der Waals surface area (Å²) in [6.07, 6.45) is 1.52. The van der Waals surface area contributed by atoms with Gasteiger partial charge in [-0.05, 0) is 30.5 Å². The number of aliphatic hydroxyl groups is 1. The predicted octanol–water partition coefficient (Wildman–Crippen LogP) is 1.22. The van der Waals surface area contributed by atoms with Crippen LogP contribution in [-0.2, 0) is 11.2 Å². The molecule has 0 aliphatic carbocycles. The van der Waals surface area contributed by atoms with Crippen LogP contribution >= 0.6 is 0 Å². The summed E-state index contributed by atoms with van der Waals surface area (Å²) in [5, 5.41) is 9.41. The predicted molar refractivity (Wildman–Crippen MR) is 68.5 cm³/mol. The molecule has 1 heterocycles. The van der Waals surface area contributed by atoms with Crippen molar-refractivity contribution in [3.8, 4) is 5.75 Å². The number of aliphatic hydroxyl groups excluding tert-OH is 1. The standard InChI is InChI=1S/C14H19NO3/c1-18-13-4-2-3-11(9-13)10-14(17)15-7-5-12(16)6-8-15/h2-4,9,12,16H,5-8,10H2,1H3. The zero-order valence-corrected chi connectivity index (χ0v) is 10.6. The number of likely N-dealkylation sites (tertiary alicyclic amines) is 1. The van der Waals surface area contributed by atoms with Crippen LogP contribution in [-0.4, -0.2) is 42.2 Å². The van der Waals surface area contributed by atoms with Crippen LogP contribution in [0.1, 0.15) is 18.4 Å². The van der Waals surface area contributed by atoms with Crippen LogP contribution < -0.4 is 4.74 Å². The van der Waals surface area contributed by atoms with E-state index in [0.717, 1.165) is 11.3 Å². The first-order valence-corrected chi connectivity index (χ1v) is 6.28. The first kappa shape index (κ1) is 12.9. The molecule has 1 saturated heterocycles. The third-order valence-electron chi connectivity index (χ3n) is 3.31. The van der Waals surface area contributed by atoms with Crippen LogP contribution in [0.2, 0.25) is 0 Å². The molecule has 0 spiro atoms. The van der Waals surface area contributed by atoms with Crippen molar-refractivity contribution >= 4 is 5.91 Å². The third-order valence-corrected chi connectivity index (χ3v) is 3.31. The zero-order valence-electron chi connectivity index (χ0n) is 10.6. The fourth-order valence-electron chi connectivity index (χ4n) is 2.18. The fourth-order valence-corrected chi connectivity index (χ4v) is 2.18. The van der Waals surface area contributed by atoms with Gasteiger partial charge in [-0.3, -0.25) is 4.79 Å². The molecule has 0 aromatic heterocycles. The molecule has 1 amide bonds. The molecular formula is C14H19NO3. The summed E-state index contributed by atoms with van der Waals surface area (Å²) in [6.45, 7) is 1.31. The van der Waals surface area contributed by atoms with Crippen molar-refractivity contribution in [2.24, 2.45) is 0 Å². The maximum Gasteiger partial charge on any atom is 0.226 e. The molecule has 4 heteroatoms. The minimum Gasteiger partial charge on any atom is -0.497 e. The highest BCUT2D eigenvalue weighted by Gasteiger charge is 2.21. The minimum absolute atomic E-state index is 0.121. The number of methoxy groups -OCH3 is 1. The maximum absolute atomic E-state index is 12.1. The van der Waals surface area contributed by atoms with Gasteiger partial charge < -0.3 is 14.7 Å². The largest absolute Gasteiger partial charge is 0.497 e. The van der Waals surface area contributed by atoms with Crippen LogP contribution in [0.5, 0.6) is 5.75 Å². The molecule has 0 atom stereocenters. The molecular weight excluding hydrogens is 230 g/mol. The summed E-state index contributed by atoms with van der Waals surface area (Å²) < 4.78 is 5.14. The first-order chi connectivity index (χ1) is 8.69. The fraction of sp³-hybridized carbons (Fsp3) is 0.500. The molecule has 1 aliphatic heterocycles. The lowest BCUT2D eigenvalue weighted by atomic mass is 10.1. The van der Waals surface area contributed by atoms with Crippen LogP contribution in [0.25, 0.3) is 0 Å². The molecule has 1 N–H and O–H groups in total. The van der Waals surface area contributed by atoms with E-state index < -0.39 is 0 Å². The van der Waals surface area contributed by atoms with Gasteiger partial charge in [-0.25, -0.2) is 0 Å². The highest BCUT2D eigenvalue weighted by Crippen LogP contribution is 2.15. The Bertz CT molecular complexity index is 411. The summed E-state index contributed by atoms with van der Waals surface area (Å²) in [5.74, 6) is 0.893. The number of carbonyl (C=O) groups is 1. The summed E-state index contributed by atoms with van der Waals surface area (Å²) in [6, 6.07) is 7.57. The third kappa shape index (κ3) is 3.23. The Kier molecular flexibility index (Phi) is 4.20. The second-order valence-corrected chi connectivity index (χ2v) is 4.64. The molecule has 1 fully saturated rings. The van der Waals surface area contributed by atoms with Crippen molar-refractivity contribution in [2.45, 2.75) is 25.4 Å². The van der Waals surface area contributed by atoms with E-state index in [0.29, 0.717) is 32.4 Å². The van der Waals surface area contributed by atoms with Crippen LogP contribution in [0.15, 0.2) is 24.3 Å². The van der Waals surface area contributed by atoms with Gasteiger partial charge in [0.25, 0.3) is 0 Å². The molecule has 1 aliphatic rings. The van der Waals surface area contributed by atoms with E-state index in [-0.39, 0.29) is 12.0 Å². The van der Waals surface area contributed by atoms with E-state index in [1.54, 1.807) is 7.11 Å².